The minimum atomic E-state index is -1.84. The number of rotatable bonds is 12. The first-order chi connectivity index (χ1) is 21.1. The van der Waals surface area contributed by atoms with Gasteiger partial charge in [-0.3, -0.25) is 4.79 Å². The van der Waals surface area contributed by atoms with Crippen LogP contribution in [-0.4, -0.2) is 73.1 Å². The van der Waals surface area contributed by atoms with Crippen molar-refractivity contribution in [2.45, 2.75) is 89.0 Å². The van der Waals surface area contributed by atoms with Crippen molar-refractivity contribution in [1.82, 2.24) is 0 Å². The van der Waals surface area contributed by atoms with Gasteiger partial charge in [0.15, 0.2) is 17.1 Å². The minimum Gasteiger partial charge on any atom is -0.508 e. The Morgan fingerprint density at radius 3 is 2.30 bits per heavy atom. The molecule has 0 spiro atoms. The van der Waals surface area contributed by atoms with Crippen molar-refractivity contribution < 1.29 is 54.1 Å². The lowest BCUT2D eigenvalue weighted by Crippen LogP contribution is -2.60. The summed E-state index contributed by atoms with van der Waals surface area (Å²) in [7, 11) is 0. The summed E-state index contributed by atoms with van der Waals surface area (Å²) in [5.74, 6) is -1.27. The maximum atomic E-state index is 13.8. The lowest BCUT2D eigenvalue weighted by atomic mass is 9.99. The van der Waals surface area contributed by atoms with Gasteiger partial charge in [-0.05, 0) is 24.6 Å². The van der Waals surface area contributed by atoms with Gasteiger partial charge in [-0.15, -0.1) is 0 Å². The molecule has 1 saturated heterocycles. The van der Waals surface area contributed by atoms with Gasteiger partial charge < -0.3 is 54.1 Å². The number of aliphatic hydroxyl groups is 4. The summed E-state index contributed by atoms with van der Waals surface area (Å²) in [5, 5.41) is 71.9. The summed E-state index contributed by atoms with van der Waals surface area (Å²) in [6.07, 6.45) is 0.0420. The van der Waals surface area contributed by atoms with Gasteiger partial charge in [0, 0.05) is 29.5 Å². The lowest BCUT2D eigenvalue weighted by Gasteiger charge is -2.39. The maximum absolute atomic E-state index is 13.8. The minimum absolute atomic E-state index is 0.140. The molecule has 0 saturated carbocycles. The van der Waals surface area contributed by atoms with Crippen LogP contribution in [0.1, 0.15) is 57.6 Å². The zero-order valence-corrected chi connectivity index (χ0v) is 24.3. The third kappa shape index (κ3) is 6.21. The highest BCUT2D eigenvalue weighted by molar-refractivity contribution is 5.99. The molecule has 2 aromatic heterocycles. The molecule has 5 atom stereocenters. The van der Waals surface area contributed by atoms with Crippen LogP contribution in [-0.2, 0) is 11.2 Å². The molecule has 7 N–H and O–H groups in total. The Morgan fingerprint density at radius 2 is 1.57 bits per heavy atom. The fourth-order valence-electron chi connectivity index (χ4n) is 5.57. The maximum Gasteiger partial charge on any atom is 0.239 e. The third-order valence-electron chi connectivity index (χ3n) is 7.99. The number of aryl methyl sites for hydroxylation is 1. The smallest absolute Gasteiger partial charge is 0.239 e. The van der Waals surface area contributed by atoms with Gasteiger partial charge in [-0.25, -0.2) is 0 Å². The first kappa shape index (κ1) is 31.6. The van der Waals surface area contributed by atoms with Gasteiger partial charge in [0.25, 0.3) is 0 Å². The van der Waals surface area contributed by atoms with E-state index in [0.717, 1.165) is 31.4 Å². The zero-order valence-electron chi connectivity index (χ0n) is 24.3. The largest absolute Gasteiger partial charge is 0.508 e. The normalized spacial score (nSPS) is 22.2. The molecule has 4 aromatic rings. The molecule has 1 aliphatic rings. The highest BCUT2D eigenvalue weighted by atomic mass is 16.7. The molecule has 12 nitrogen and oxygen atoms in total. The molecule has 0 unspecified atom stereocenters. The average molecular weight is 615 g/mol. The summed E-state index contributed by atoms with van der Waals surface area (Å²) in [5.41, 5.74) is -0.699. The molecular formula is C32H38O12. The van der Waals surface area contributed by atoms with Gasteiger partial charge in [0.2, 0.25) is 17.5 Å². The second-order valence-electron chi connectivity index (χ2n) is 11.2. The van der Waals surface area contributed by atoms with E-state index in [9.17, 15) is 40.5 Å². The van der Waals surface area contributed by atoms with Gasteiger partial charge in [-0.2, -0.15) is 0 Å². The number of fused-ring (bicyclic) bond motifs is 2. The van der Waals surface area contributed by atoms with E-state index >= 15 is 0 Å². The number of aromatic hydroxyl groups is 3. The van der Waals surface area contributed by atoms with E-state index in [1.165, 1.54) is 37.8 Å². The standard InChI is InChI=1S/C32H38O12/c1-2-3-4-5-6-7-8-9-17-14-19-18(10-11-20(35)29(19)41-17)30-31(26(38)24-21(36)12-16(34)13-22(24)42-30)44-32-28(40)27(39)25(37)23(15-33)43-32/h10-14,23,25,27-28,32-37,39-40H,2-9,15H2,1H3/t23-,25+,27+,28-,32+/m1/s1. The fraction of sp³-hybridized carbons (Fsp3) is 0.469. The first-order valence-electron chi connectivity index (χ1n) is 14.9. The number of unbranched alkanes of at least 4 members (excludes halogenated alkanes) is 6. The molecule has 1 aliphatic heterocycles. The number of aliphatic hydroxyl groups excluding tert-OH is 4. The van der Waals surface area contributed by atoms with Crippen molar-refractivity contribution in [3.63, 3.8) is 0 Å². The number of benzene rings is 2. The van der Waals surface area contributed by atoms with Crippen LogP contribution in [0.4, 0.5) is 0 Å². The number of phenolic OH excluding ortho intramolecular Hbond substituents is 3. The predicted molar refractivity (Wildman–Crippen MR) is 159 cm³/mol. The molecule has 0 radical (unpaired) electrons. The van der Waals surface area contributed by atoms with E-state index in [1.807, 2.05) is 0 Å². The van der Waals surface area contributed by atoms with E-state index in [4.69, 9.17) is 18.3 Å². The van der Waals surface area contributed by atoms with Crippen LogP contribution < -0.4 is 10.2 Å². The van der Waals surface area contributed by atoms with E-state index in [2.05, 4.69) is 6.92 Å². The summed E-state index contributed by atoms with van der Waals surface area (Å²) in [6.45, 7) is 1.45. The second kappa shape index (κ2) is 13.4. The van der Waals surface area contributed by atoms with Crippen LogP contribution in [0.3, 0.4) is 0 Å². The monoisotopic (exact) mass is 614 g/mol. The van der Waals surface area contributed by atoms with E-state index in [1.54, 1.807) is 6.07 Å². The van der Waals surface area contributed by atoms with Gasteiger partial charge in [0.05, 0.1) is 6.61 Å². The number of furan rings is 1. The van der Waals surface area contributed by atoms with Crippen molar-refractivity contribution in [2.24, 2.45) is 0 Å². The van der Waals surface area contributed by atoms with Crippen molar-refractivity contribution >= 4 is 21.9 Å². The van der Waals surface area contributed by atoms with Crippen molar-refractivity contribution in [3.8, 4) is 34.3 Å². The molecule has 0 bridgehead atoms. The number of phenols is 3. The van der Waals surface area contributed by atoms with Crippen LogP contribution >= 0.6 is 0 Å². The highest BCUT2D eigenvalue weighted by Gasteiger charge is 2.45. The molecule has 5 rings (SSSR count). The Balaban J connectivity index is 1.57. The lowest BCUT2D eigenvalue weighted by molar-refractivity contribution is -0.277. The van der Waals surface area contributed by atoms with Crippen molar-refractivity contribution in [3.05, 3.63) is 46.3 Å². The summed E-state index contributed by atoms with van der Waals surface area (Å²) < 4.78 is 23.3. The second-order valence-corrected chi connectivity index (χ2v) is 11.2. The molecule has 44 heavy (non-hydrogen) atoms. The van der Waals surface area contributed by atoms with Gasteiger partial charge in [-0.1, -0.05) is 45.4 Å². The Labute approximate surface area is 252 Å². The van der Waals surface area contributed by atoms with Crippen LogP contribution in [0.25, 0.3) is 33.3 Å². The Hall–Kier alpha value is -3.81. The third-order valence-corrected chi connectivity index (χ3v) is 7.99. The molecule has 1 fully saturated rings. The van der Waals surface area contributed by atoms with Crippen LogP contribution in [0.5, 0.6) is 23.0 Å². The van der Waals surface area contributed by atoms with Gasteiger partial charge >= 0.3 is 0 Å². The molecule has 2 aromatic carbocycles. The van der Waals surface area contributed by atoms with E-state index < -0.39 is 54.2 Å². The SMILES string of the molecule is CCCCCCCCCc1cc2c(-c3oc4cc(O)cc(O)c4c(=O)c3O[C@@H]3O[C@H](CO)[C@H](O)[C@H](O)[C@H]3O)ccc(O)c2o1. The van der Waals surface area contributed by atoms with E-state index in [0.29, 0.717) is 17.6 Å². The number of ether oxygens (including phenoxy) is 2. The van der Waals surface area contributed by atoms with Crippen LogP contribution in [0.15, 0.2) is 44.0 Å². The Kier molecular flexibility index (Phi) is 9.66. The van der Waals surface area contributed by atoms with Crippen LogP contribution in [0.2, 0.25) is 0 Å². The van der Waals surface area contributed by atoms with Crippen LogP contribution in [0, 0.1) is 0 Å². The zero-order chi connectivity index (χ0) is 31.5. The number of hydrogen-bond donors (Lipinski definition) is 7. The van der Waals surface area contributed by atoms with Gasteiger partial charge in [0.1, 0.15) is 52.6 Å². The molecule has 12 heteroatoms. The predicted octanol–water partition coefficient (Wildman–Crippen LogP) is 3.79. The molecule has 3 heterocycles. The quantitative estimate of drug-likeness (QED) is 0.114. The van der Waals surface area contributed by atoms with E-state index in [-0.39, 0.29) is 39.4 Å². The summed E-state index contributed by atoms with van der Waals surface area (Å²) in [4.78, 5) is 13.8. The number of hydrogen-bond acceptors (Lipinski definition) is 12. The van der Waals surface area contributed by atoms with Crippen molar-refractivity contribution in [2.75, 3.05) is 6.61 Å². The molecule has 238 valence electrons. The molecule has 0 aliphatic carbocycles. The van der Waals surface area contributed by atoms with Crippen molar-refractivity contribution in [1.29, 1.82) is 0 Å². The first-order valence-corrected chi connectivity index (χ1v) is 14.9. The highest BCUT2D eigenvalue weighted by Crippen LogP contribution is 2.42. The topological polar surface area (TPSA) is 203 Å². The molecular weight excluding hydrogens is 576 g/mol. The Bertz CT molecular complexity index is 1660. The summed E-state index contributed by atoms with van der Waals surface area (Å²) in [6, 6.07) is 6.62. The molecule has 0 amide bonds. The Morgan fingerprint density at radius 1 is 0.841 bits per heavy atom. The fourth-order valence-corrected chi connectivity index (χ4v) is 5.57. The average Bonchev–Trinajstić information content (AvgIpc) is 3.43. The summed E-state index contributed by atoms with van der Waals surface area (Å²) >= 11 is 0.